The Hall–Kier alpha value is -1.55. The van der Waals surface area contributed by atoms with Crippen LogP contribution in [0.5, 0.6) is 0 Å². The normalized spacial score (nSPS) is 15.3. The molecule has 0 saturated carbocycles. The molecule has 0 spiro atoms. The van der Waals surface area contributed by atoms with Gasteiger partial charge >= 0.3 is 12.5 Å². The number of hydrogen-bond donors (Lipinski definition) is 0. The topological polar surface area (TPSA) is 60.4 Å². The van der Waals surface area contributed by atoms with Crippen molar-refractivity contribution in [1.82, 2.24) is 0 Å². The molecule has 1 aliphatic rings. The van der Waals surface area contributed by atoms with Crippen molar-refractivity contribution in [1.29, 1.82) is 0 Å². The Morgan fingerprint density at radius 1 is 0.889 bits per heavy atom. The quantitative estimate of drug-likeness (QED) is 0.400. The molecule has 1 unspecified atom stereocenters. The van der Waals surface area contributed by atoms with E-state index in [0.29, 0.717) is 24.2 Å². The van der Waals surface area contributed by atoms with Crippen LogP contribution in [0.15, 0.2) is 48.5 Å². The average Bonchev–Trinajstić information content (AvgIpc) is 2.99. The Kier molecular flexibility index (Phi) is 6.15. The van der Waals surface area contributed by atoms with Gasteiger partial charge in [0.2, 0.25) is 9.84 Å². The zero-order valence-electron chi connectivity index (χ0n) is 15.8. The van der Waals surface area contributed by atoms with Crippen molar-refractivity contribution in [3.63, 3.8) is 0 Å². The van der Waals surface area contributed by atoms with E-state index in [2.05, 4.69) is 0 Å². The molecular formula is C21H26O4PS+. The summed E-state index contributed by atoms with van der Waals surface area (Å²) >= 11 is 0. The number of unbranched alkanes of at least 4 members (excludes halogenated alkanes) is 2. The van der Waals surface area contributed by atoms with Gasteiger partial charge < -0.3 is 0 Å². The van der Waals surface area contributed by atoms with Gasteiger partial charge in [0.15, 0.2) is 0 Å². The van der Waals surface area contributed by atoms with Gasteiger partial charge in [-0.1, -0.05) is 75.2 Å². The van der Waals surface area contributed by atoms with Crippen LogP contribution in [0.2, 0.25) is 0 Å². The Bertz CT molecular complexity index is 891. The van der Waals surface area contributed by atoms with E-state index >= 15 is 0 Å². The van der Waals surface area contributed by atoms with Crippen molar-refractivity contribution in [2.75, 3.05) is 12.4 Å². The first kappa shape index (κ1) is 20.2. The number of hydrogen-bond acceptors (Lipinski definition) is 4. The summed E-state index contributed by atoms with van der Waals surface area (Å²) in [4.78, 5) is 0. The molecule has 6 heteroatoms. The zero-order valence-corrected chi connectivity index (χ0v) is 17.6. The van der Waals surface area contributed by atoms with E-state index in [1.54, 1.807) is 12.1 Å². The first-order chi connectivity index (χ1) is 13.0. The van der Waals surface area contributed by atoms with Crippen LogP contribution in [0.1, 0.15) is 50.7 Å². The minimum absolute atomic E-state index is 0.00954. The summed E-state index contributed by atoms with van der Waals surface area (Å²) in [5.74, 6) is -0.00954. The lowest BCUT2D eigenvalue weighted by Crippen LogP contribution is -2.34. The molecule has 0 aliphatic heterocycles. The fraction of sp³-hybridized carbons (Fsp3) is 0.429. The van der Waals surface area contributed by atoms with E-state index < -0.39 is 22.4 Å². The third-order valence-corrected chi connectivity index (χ3v) is 9.92. The predicted octanol–water partition coefficient (Wildman–Crippen LogP) is 5.64. The highest BCUT2D eigenvalue weighted by Crippen LogP contribution is 2.64. The first-order valence-electron chi connectivity index (χ1n) is 9.52. The molecule has 0 amide bonds. The Labute approximate surface area is 162 Å². The van der Waals surface area contributed by atoms with Crippen molar-refractivity contribution >= 4 is 17.9 Å². The molecule has 144 valence electrons. The van der Waals surface area contributed by atoms with Crippen LogP contribution in [0.3, 0.4) is 0 Å². The van der Waals surface area contributed by atoms with Crippen LogP contribution in [0, 0.1) is 0 Å². The SMILES string of the molecule is CCCCO[P+](=O)C1(S(=O)(=O)CCCC)c2ccccc2-c2ccccc21. The molecule has 27 heavy (non-hydrogen) atoms. The molecule has 0 radical (unpaired) electrons. The third kappa shape index (κ3) is 3.26. The summed E-state index contributed by atoms with van der Waals surface area (Å²) in [7, 11) is -6.25. The first-order valence-corrected chi connectivity index (χ1v) is 12.4. The molecule has 2 aromatic carbocycles. The predicted molar refractivity (Wildman–Crippen MR) is 110 cm³/mol. The van der Waals surface area contributed by atoms with E-state index in [1.165, 1.54) is 0 Å². The van der Waals surface area contributed by atoms with Gasteiger partial charge in [0.25, 0.3) is 0 Å². The number of fused-ring (bicyclic) bond motifs is 3. The highest BCUT2D eigenvalue weighted by Gasteiger charge is 2.68. The van der Waals surface area contributed by atoms with Gasteiger partial charge in [-0.2, -0.15) is 0 Å². The molecule has 0 N–H and O–H groups in total. The monoisotopic (exact) mass is 405 g/mol. The number of rotatable bonds is 9. The summed E-state index contributed by atoms with van der Waals surface area (Å²) in [5, 5.41) is 0. The lowest BCUT2D eigenvalue weighted by atomic mass is 10.1. The van der Waals surface area contributed by atoms with E-state index in [9.17, 15) is 13.0 Å². The van der Waals surface area contributed by atoms with E-state index in [0.717, 1.165) is 30.4 Å². The molecule has 4 nitrogen and oxygen atoms in total. The van der Waals surface area contributed by atoms with Crippen molar-refractivity contribution < 1.29 is 17.5 Å². The zero-order chi connectivity index (χ0) is 19.5. The molecule has 1 aliphatic carbocycles. The second-order valence-corrected chi connectivity index (χ2v) is 10.8. The highest BCUT2D eigenvalue weighted by molar-refractivity contribution is 7.97. The van der Waals surface area contributed by atoms with Crippen LogP contribution in [0.4, 0.5) is 0 Å². The van der Waals surface area contributed by atoms with Crippen molar-refractivity contribution in [2.24, 2.45) is 0 Å². The summed E-state index contributed by atoms with van der Waals surface area (Å²) in [6, 6.07) is 14.8. The van der Waals surface area contributed by atoms with Crippen LogP contribution in [-0.2, 0) is 23.4 Å². The lowest BCUT2D eigenvalue weighted by Gasteiger charge is -2.20. The standard InChI is InChI=1S/C21H26O4PS/c1-3-5-15-25-26(22)21(27(23,24)16-6-4-2)19-13-9-7-11-17(19)18-12-8-10-14-20(18)21/h7-14H,3-6,15-16H2,1-2H3/q+1. The van der Waals surface area contributed by atoms with Crippen LogP contribution in [-0.4, -0.2) is 20.8 Å². The van der Waals surface area contributed by atoms with Crippen LogP contribution in [0.25, 0.3) is 11.1 Å². The highest BCUT2D eigenvalue weighted by atomic mass is 32.2. The molecule has 0 bridgehead atoms. The molecule has 2 aromatic rings. The van der Waals surface area contributed by atoms with E-state index in [4.69, 9.17) is 4.52 Å². The fourth-order valence-electron chi connectivity index (χ4n) is 3.68. The molecule has 0 saturated heterocycles. The summed E-state index contributed by atoms with van der Waals surface area (Å²) in [5.41, 5.74) is 2.83. The minimum Gasteiger partial charge on any atom is -0.223 e. The molecule has 0 fully saturated rings. The summed E-state index contributed by atoms with van der Waals surface area (Å²) in [6.07, 6.45) is 2.93. The Balaban J connectivity index is 2.26. The largest absolute Gasteiger partial charge is 0.540 e. The minimum atomic E-state index is -3.76. The van der Waals surface area contributed by atoms with E-state index in [-0.39, 0.29) is 5.75 Å². The van der Waals surface area contributed by atoms with Crippen LogP contribution >= 0.6 is 8.03 Å². The second kappa shape index (κ2) is 8.22. The van der Waals surface area contributed by atoms with Crippen LogP contribution < -0.4 is 0 Å². The summed E-state index contributed by atoms with van der Waals surface area (Å²) < 4.78 is 44.9. The van der Waals surface area contributed by atoms with Gasteiger partial charge in [-0.05, 0) is 28.5 Å². The van der Waals surface area contributed by atoms with Gasteiger partial charge in [-0.3, -0.25) is 0 Å². The average molecular weight is 405 g/mol. The Morgan fingerprint density at radius 3 is 1.93 bits per heavy atom. The molecule has 3 rings (SSSR count). The molecule has 0 aromatic heterocycles. The smallest absolute Gasteiger partial charge is 0.223 e. The maximum Gasteiger partial charge on any atom is 0.540 e. The van der Waals surface area contributed by atoms with Crippen molar-refractivity contribution in [3.05, 3.63) is 59.7 Å². The second-order valence-electron chi connectivity index (χ2n) is 6.85. The number of sulfone groups is 1. The van der Waals surface area contributed by atoms with Crippen molar-refractivity contribution in [3.8, 4) is 11.1 Å². The summed E-state index contributed by atoms with van der Waals surface area (Å²) in [6.45, 7) is 4.27. The molecule has 0 heterocycles. The fourth-order valence-corrected chi connectivity index (χ4v) is 8.27. The molecular weight excluding hydrogens is 379 g/mol. The van der Waals surface area contributed by atoms with E-state index in [1.807, 2.05) is 50.2 Å². The Morgan fingerprint density at radius 2 is 1.41 bits per heavy atom. The van der Waals surface area contributed by atoms with Crippen molar-refractivity contribution in [2.45, 2.75) is 44.0 Å². The maximum atomic E-state index is 13.6. The molecule has 1 atom stereocenters. The number of benzene rings is 2. The third-order valence-electron chi connectivity index (χ3n) is 5.05. The lowest BCUT2D eigenvalue weighted by molar-refractivity contribution is 0.315. The maximum absolute atomic E-state index is 13.6. The van der Waals surface area contributed by atoms with Gasteiger partial charge in [0.05, 0.1) is 5.75 Å². The van der Waals surface area contributed by atoms with Gasteiger partial charge in [-0.15, -0.1) is 4.52 Å². The van der Waals surface area contributed by atoms with Gasteiger partial charge in [0.1, 0.15) is 6.61 Å². The van der Waals surface area contributed by atoms with Gasteiger partial charge in [0, 0.05) is 11.1 Å². The van der Waals surface area contributed by atoms with Gasteiger partial charge in [-0.25, -0.2) is 8.42 Å².